The van der Waals surface area contributed by atoms with Crippen LogP contribution in [-0.4, -0.2) is 9.97 Å². The molecular formula is C63H40N2S. The molecule has 0 bridgehead atoms. The molecule has 0 amide bonds. The molecule has 0 saturated heterocycles. The number of benzene rings is 10. The van der Waals surface area contributed by atoms with E-state index in [0.29, 0.717) is 5.82 Å². The number of aromatic nitrogens is 2. The Labute approximate surface area is 387 Å². The first-order valence-corrected chi connectivity index (χ1v) is 23.4. The molecule has 0 N–H and O–H groups in total. The zero-order valence-corrected chi connectivity index (χ0v) is 36.7. The van der Waals surface area contributed by atoms with Crippen molar-refractivity contribution >= 4 is 42.3 Å². The highest BCUT2D eigenvalue weighted by atomic mass is 32.1. The Balaban J connectivity index is 0.960. The third-order valence-electron chi connectivity index (χ3n) is 13.6. The van der Waals surface area contributed by atoms with Gasteiger partial charge in [0.2, 0.25) is 0 Å². The van der Waals surface area contributed by atoms with Crippen molar-refractivity contribution in [2.75, 3.05) is 0 Å². The fourth-order valence-electron chi connectivity index (χ4n) is 10.7. The van der Waals surface area contributed by atoms with Gasteiger partial charge in [0.25, 0.3) is 0 Å². The topological polar surface area (TPSA) is 25.8 Å². The fourth-order valence-corrected chi connectivity index (χ4v) is 11.8. The van der Waals surface area contributed by atoms with E-state index in [1.165, 1.54) is 81.2 Å². The SMILES string of the molecule is c1ccc(-c2nc(-c3ccc4sc5ccccc5c4c3)cc(-c3ccc(-c4cccc(-c5cccc6c5-c5ccccc5C6(c5ccccc5)c5ccccc5)c4)c4ccccc34)n2)cc1. The van der Waals surface area contributed by atoms with Crippen molar-refractivity contribution in [3.63, 3.8) is 0 Å². The quantitative estimate of drug-likeness (QED) is 0.160. The summed E-state index contributed by atoms with van der Waals surface area (Å²) in [4.78, 5) is 10.5. The highest BCUT2D eigenvalue weighted by Crippen LogP contribution is 2.58. The van der Waals surface area contributed by atoms with Crippen molar-refractivity contribution < 1.29 is 0 Å². The van der Waals surface area contributed by atoms with Crippen molar-refractivity contribution in [3.05, 3.63) is 265 Å². The molecule has 0 fully saturated rings. The second-order valence-electron chi connectivity index (χ2n) is 17.2. The van der Waals surface area contributed by atoms with Gasteiger partial charge in [-0.3, -0.25) is 0 Å². The number of rotatable bonds is 7. The van der Waals surface area contributed by atoms with Gasteiger partial charge in [0.1, 0.15) is 0 Å². The molecule has 2 aromatic heterocycles. The molecule has 0 atom stereocenters. The van der Waals surface area contributed by atoms with Crippen LogP contribution in [0.1, 0.15) is 22.3 Å². The van der Waals surface area contributed by atoms with Crippen LogP contribution < -0.4 is 0 Å². The van der Waals surface area contributed by atoms with E-state index in [0.717, 1.165) is 33.5 Å². The first-order chi connectivity index (χ1) is 32.7. The monoisotopic (exact) mass is 856 g/mol. The van der Waals surface area contributed by atoms with Gasteiger partial charge in [0.05, 0.1) is 16.8 Å². The Kier molecular flexibility index (Phi) is 8.97. The summed E-state index contributed by atoms with van der Waals surface area (Å²) >= 11 is 1.83. The zero-order chi connectivity index (χ0) is 43.6. The summed E-state index contributed by atoms with van der Waals surface area (Å²) in [6, 6.07) is 88.3. The lowest BCUT2D eigenvalue weighted by Crippen LogP contribution is -2.28. The van der Waals surface area contributed by atoms with Crippen LogP contribution in [0, 0.1) is 0 Å². The van der Waals surface area contributed by atoms with E-state index >= 15 is 0 Å². The molecule has 10 aromatic carbocycles. The molecule has 0 radical (unpaired) electrons. The molecule has 66 heavy (non-hydrogen) atoms. The number of thiophene rings is 1. The minimum atomic E-state index is -0.458. The van der Waals surface area contributed by atoms with E-state index in [1.54, 1.807) is 0 Å². The summed E-state index contributed by atoms with van der Waals surface area (Å²) in [6.07, 6.45) is 0. The summed E-state index contributed by atoms with van der Waals surface area (Å²) in [5.41, 5.74) is 17.0. The van der Waals surface area contributed by atoms with Crippen molar-refractivity contribution in [1.29, 1.82) is 0 Å². The Morgan fingerprint density at radius 3 is 1.62 bits per heavy atom. The van der Waals surface area contributed by atoms with Gasteiger partial charge < -0.3 is 0 Å². The molecule has 12 aromatic rings. The lowest BCUT2D eigenvalue weighted by molar-refractivity contribution is 0.768. The second-order valence-corrected chi connectivity index (χ2v) is 18.3. The Morgan fingerprint density at radius 2 is 0.848 bits per heavy atom. The molecule has 1 aliphatic carbocycles. The van der Waals surface area contributed by atoms with Crippen molar-refractivity contribution in [2.24, 2.45) is 0 Å². The third-order valence-corrected chi connectivity index (χ3v) is 14.7. The number of fused-ring (bicyclic) bond motifs is 7. The fraction of sp³-hybridized carbons (Fsp3) is 0.0159. The second kappa shape index (κ2) is 15.5. The van der Waals surface area contributed by atoms with Crippen molar-refractivity contribution in [1.82, 2.24) is 9.97 Å². The van der Waals surface area contributed by atoms with Gasteiger partial charge in [-0.05, 0) is 96.7 Å². The molecule has 308 valence electrons. The van der Waals surface area contributed by atoms with Gasteiger partial charge in [0.15, 0.2) is 5.82 Å². The molecule has 13 rings (SSSR count). The molecule has 0 saturated carbocycles. The standard InChI is InChI=1S/C63H40N2S/c1-4-18-41(19-5-1)62-64-57(44-34-37-60-54(39-44)52-28-13-15-33-59(52)66-60)40-58(65-62)51-36-35-47(49-26-10-11-27-50(49)51)42-20-16-21-43(38-42)48-30-17-32-56-61(48)53-29-12-14-31-55(53)63(56,45-22-6-2-7-23-45)46-24-8-3-9-25-46/h1-40H. The van der Waals surface area contributed by atoms with Gasteiger partial charge in [-0.25, -0.2) is 9.97 Å². The van der Waals surface area contributed by atoms with E-state index in [9.17, 15) is 0 Å². The molecule has 2 heterocycles. The van der Waals surface area contributed by atoms with Crippen LogP contribution in [0.3, 0.4) is 0 Å². The summed E-state index contributed by atoms with van der Waals surface area (Å²) in [5.74, 6) is 0.708. The highest BCUT2D eigenvalue weighted by molar-refractivity contribution is 7.25. The van der Waals surface area contributed by atoms with Crippen LogP contribution in [0.2, 0.25) is 0 Å². The van der Waals surface area contributed by atoms with E-state index in [-0.39, 0.29) is 0 Å². The van der Waals surface area contributed by atoms with Crippen LogP contribution in [-0.2, 0) is 5.41 Å². The predicted octanol–water partition coefficient (Wildman–Crippen LogP) is 16.7. The molecule has 2 nitrogen and oxygen atoms in total. The minimum Gasteiger partial charge on any atom is -0.228 e. The maximum Gasteiger partial charge on any atom is 0.160 e. The molecular weight excluding hydrogens is 817 g/mol. The normalized spacial score (nSPS) is 12.7. The average molecular weight is 857 g/mol. The molecule has 0 spiro atoms. The van der Waals surface area contributed by atoms with Gasteiger partial charge in [-0.1, -0.05) is 212 Å². The number of hydrogen-bond acceptors (Lipinski definition) is 3. The minimum absolute atomic E-state index is 0.458. The lowest BCUT2D eigenvalue weighted by atomic mass is 9.67. The van der Waals surface area contributed by atoms with Gasteiger partial charge in [-0.15, -0.1) is 11.3 Å². The van der Waals surface area contributed by atoms with E-state index in [1.807, 2.05) is 17.4 Å². The highest BCUT2D eigenvalue weighted by Gasteiger charge is 2.46. The lowest BCUT2D eigenvalue weighted by Gasteiger charge is -2.34. The largest absolute Gasteiger partial charge is 0.228 e. The molecule has 0 unspecified atom stereocenters. The van der Waals surface area contributed by atoms with Crippen LogP contribution in [0.5, 0.6) is 0 Å². The Morgan fingerprint density at radius 1 is 0.303 bits per heavy atom. The summed E-state index contributed by atoms with van der Waals surface area (Å²) in [5, 5.41) is 4.85. The maximum absolute atomic E-state index is 5.31. The smallest absolute Gasteiger partial charge is 0.160 e. The van der Waals surface area contributed by atoms with E-state index in [2.05, 4.69) is 237 Å². The van der Waals surface area contributed by atoms with Crippen molar-refractivity contribution in [3.8, 4) is 67.3 Å². The zero-order valence-electron chi connectivity index (χ0n) is 35.9. The van der Waals surface area contributed by atoms with Gasteiger partial charge in [0, 0.05) is 36.9 Å². The van der Waals surface area contributed by atoms with Gasteiger partial charge in [-0.2, -0.15) is 0 Å². The number of hydrogen-bond donors (Lipinski definition) is 0. The predicted molar refractivity (Wildman–Crippen MR) is 277 cm³/mol. The first-order valence-electron chi connectivity index (χ1n) is 22.6. The number of nitrogens with zero attached hydrogens (tertiary/aromatic N) is 2. The third kappa shape index (κ3) is 6.01. The molecule has 0 aliphatic heterocycles. The first kappa shape index (κ1) is 38.2. The Hall–Kier alpha value is -8.24. The average Bonchev–Trinajstić information content (AvgIpc) is 3.93. The van der Waals surface area contributed by atoms with Crippen LogP contribution in [0.25, 0.3) is 98.2 Å². The van der Waals surface area contributed by atoms with E-state index < -0.39 is 5.41 Å². The summed E-state index contributed by atoms with van der Waals surface area (Å²) < 4.78 is 2.57. The van der Waals surface area contributed by atoms with Crippen LogP contribution in [0.15, 0.2) is 243 Å². The summed E-state index contributed by atoms with van der Waals surface area (Å²) in [7, 11) is 0. The molecule has 1 aliphatic rings. The van der Waals surface area contributed by atoms with Crippen LogP contribution >= 0.6 is 11.3 Å². The van der Waals surface area contributed by atoms with E-state index in [4.69, 9.17) is 9.97 Å². The van der Waals surface area contributed by atoms with Crippen LogP contribution in [0.4, 0.5) is 0 Å². The Bertz CT molecular complexity index is 3780. The maximum atomic E-state index is 5.31. The van der Waals surface area contributed by atoms with Crippen molar-refractivity contribution in [2.45, 2.75) is 5.41 Å². The summed E-state index contributed by atoms with van der Waals surface area (Å²) in [6.45, 7) is 0. The van der Waals surface area contributed by atoms with Gasteiger partial charge >= 0.3 is 0 Å². The molecule has 3 heteroatoms.